The highest BCUT2D eigenvalue weighted by Crippen LogP contribution is 2.17. The molecule has 1 amide bonds. The van der Waals surface area contributed by atoms with Crippen LogP contribution in [0.4, 0.5) is 0 Å². The van der Waals surface area contributed by atoms with E-state index in [2.05, 4.69) is 25.6 Å². The number of hydrogen-bond donors (Lipinski definition) is 2. The molecule has 0 aliphatic rings. The first-order valence-corrected chi connectivity index (χ1v) is 8.25. The molecule has 0 saturated carbocycles. The lowest BCUT2D eigenvalue weighted by Gasteiger charge is -2.10. The first kappa shape index (κ1) is 17.1. The van der Waals surface area contributed by atoms with Gasteiger partial charge < -0.3 is 10.3 Å². The molecule has 2 N–H and O–H groups in total. The number of nitrogens with zero attached hydrogens (tertiary/aromatic N) is 4. The summed E-state index contributed by atoms with van der Waals surface area (Å²) in [7, 11) is 0. The molecule has 25 heavy (non-hydrogen) atoms. The minimum absolute atomic E-state index is 0.0281. The Hall–Kier alpha value is -2.74. The van der Waals surface area contributed by atoms with Crippen LogP contribution in [-0.4, -0.2) is 36.9 Å². The fourth-order valence-corrected chi connectivity index (χ4v) is 2.46. The van der Waals surface area contributed by atoms with E-state index < -0.39 is 11.5 Å². The Kier molecular flexibility index (Phi) is 4.80. The third-order valence-corrected chi connectivity index (χ3v) is 4.23. The fourth-order valence-electron chi connectivity index (χ4n) is 2.26. The predicted octanol–water partition coefficient (Wildman–Crippen LogP) is 1.74. The molecule has 8 nitrogen and oxygen atoms in total. The van der Waals surface area contributed by atoms with Crippen molar-refractivity contribution in [1.29, 1.82) is 0 Å². The second kappa shape index (κ2) is 7.02. The monoisotopic (exact) mass is 360 g/mol. The minimum atomic E-state index is -0.510. The van der Waals surface area contributed by atoms with Gasteiger partial charge in [-0.15, -0.1) is 5.10 Å². The standard InChI is InChI=1S/C16H17ClN6O2/c1-3-9(2)18-16(25)13-19-14-12(15(24)20-13)21-22-23(14)8-10-6-4-5-7-11(10)17/h4-7,9H,3,8H2,1-2H3,(H,18,25)(H,19,20,24)/t9-/m0/s1. The maximum atomic E-state index is 12.2. The van der Waals surface area contributed by atoms with E-state index in [1.807, 2.05) is 32.0 Å². The molecule has 2 aromatic heterocycles. The maximum absolute atomic E-state index is 12.2. The van der Waals surface area contributed by atoms with Crippen LogP contribution in [0.2, 0.25) is 5.02 Å². The Bertz CT molecular complexity index is 980. The number of H-pyrrole nitrogens is 1. The largest absolute Gasteiger partial charge is 0.347 e. The molecule has 0 radical (unpaired) electrons. The summed E-state index contributed by atoms with van der Waals surface area (Å²) in [5.41, 5.74) is 0.610. The number of aromatic nitrogens is 5. The molecule has 1 atom stereocenters. The summed E-state index contributed by atoms with van der Waals surface area (Å²) in [4.78, 5) is 31.1. The van der Waals surface area contributed by atoms with Gasteiger partial charge in [0.2, 0.25) is 5.82 Å². The first-order chi connectivity index (χ1) is 12.0. The van der Waals surface area contributed by atoms with Crippen LogP contribution in [0.15, 0.2) is 29.1 Å². The van der Waals surface area contributed by atoms with Gasteiger partial charge in [0.1, 0.15) is 0 Å². The lowest BCUT2D eigenvalue weighted by Crippen LogP contribution is -2.34. The summed E-state index contributed by atoms with van der Waals surface area (Å²) >= 11 is 6.16. The molecule has 0 aliphatic carbocycles. The van der Waals surface area contributed by atoms with E-state index in [1.165, 1.54) is 4.68 Å². The number of carbonyl (C=O) groups excluding carboxylic acids is 1. The average Bonchev–Trinajstić information content (AvgIpc) is 3.00. The third-order valence-electron chi connectivity index (χ3n) is 3.86. The fraction of sp³-hybridized carbons (Fsp3) is 0.312. The number of fused-ring (bicyclic) bond motifs is 1. The highest BCUT2D eigenvalue weighted by molar-refractivity contribution is 6.31. The second-order valence-corrected chi connectivity index (χ2v) is 6.12. The van der Waals surface area contributed by atoms with Gasteiger partial charge >= 0.3 is 0 Å². The van der Waals surface area contributed by atoms with Crippen molar-refractivity contribution in [2.24, 2.45) is 0 Å². The predicted molar refractivity (Wildman–Crippen MR) is 93.7 cm³/mol. The van der Waals surface area contributed by atoms with Crippen molar-refractivity contribution >= 4 is 28.7 Å². The zero-order valence-corrected chi connectivity index (χ0v) is 14.5. The molecule has 130 valence electrons. The van der Waals surface area contributed by atoms with Crippen molar-refractivity contribution < 1.29 is 4.79 Å². The van der Waals surface area contributed by atoms with Crippen molar-refractivity contribution in [2.75, 3.05) is 0 Å². The summed E-state index contributed by atoms with van der Waals surface area (Å²) in [5, 5.41) is 11.2. The van der Waals surface area contributed by atoms with Crippen LogP contribution in [0.1, 0.15) is 36.5 Å². The number of hydrogen-bond acceptors (Lipinski definition) is 5. The van der Waals surface area contributed by atoms with Gasteiger partial charge in [-0.2, -0.15) is 0 Å². The number of rotatable bonds is 5. The quantitative estimate of drug-likeness (QED) is 0.721. The maximum Gasteiger partial charge on any atom is 0.287 e. The summed E-state index contributed by atoms with van der Waals surface area (Å²) in [6.07, 6.45) is 0.768. The van der Waals surface area contributed by atoms with E-state index in [-0.39, 0.29) is 23.0 Å². The number of benzene rings is 1. The van der Waals surface area contributed by atoms with Crippen LogP contribution in [0.25, 0.3) is 11.2 Å². The summed E-state index contributed by atoms with van der Waals surface area (Å²) < 4.78 is 1.45. The van der Waals surface area contributed by atoms with Crippen LogP contribution in [0, 0.1) is 0 Å². The third kappa shape index (κ3) is 3.53. The second-order valence-electron chi connectivity index (χ2n) is 5.71. The Morgan fingerprint density at radius 3 is 2.88 bits per heavy atom. The van der Waals surface area contributed by atoms with Gasteiger partial charge in [-0.1, -0.05) is 41.9 Å². The van der Waals surface area contributed by atoms with Crippen LogP contribution in [0.3, 0.4) is 0 Å². The van der Waals surface area contributed by atoms with Gasteiger partial charge in [-0.05, 0) is 25.0 Å². The molecule has 0 unspecified atom stereocenters. The highest BCUT2D eigenvalue weighted by atomic mass is 35.5. The molecule has 3 rings (SSSR count). The zero-order chi connectivity index (χ0) is 18.0. The van der Waals surface area contributed by atoms with Crippen molar-refractivity contribution in [3.05, 3.63) is 51.0 Å². The Labute approximate surface area is 148 Å². The zero-order valence-electron chi connectivity index (χ0n) is 13.8. The normalized spacial score (nSPS) is 12.3. The molecule has 0 bridgehead atoms. The number of carbonyl (C=O) groups is 1. The molecule has 0 spiro atoms. The van der Waals surface area contributed by atoms with Crippen molar-refractivity contribution in [3.8, 4) is 0 Å². The molecule has 3 aromatic rings. The van der Waals surface area contributed by atoms with Gasteiger partial charge in [-0.25, -0.2) is 9.67 Å². The van der Waals surface area contributed by atoms with E-state index in [1.54, 1.807) is 6.07 Å². The Morgan fingerprint density at radius 2 is 2.16 bits per heavy atom. The molecule has 2 heterocycles. The van der Waals surface area contributed by atoms with E-state index >= 15 is 0 Å². The summed E-state index contributed by atoms with van der Waals surface area (Å²) in [6, 6.07) is 7.26. The molecule has 9 heteroatoms. The minimum Gasteiger partial charge on any atom is -0.347 e. The molecule has 1 aromatic carbocycles. The number of aromatic amines is 1. The van der Waals surface area contributed by atoms with Crippen molar-refractivity contribution in [1.82, 2.24) is 30.3 Å². The molecule has 0 saturated heterocycles. The van der Waals surface area contributed by atoms with Crippen molar-refractivity contribution in [2.45, 2.75) is 32.9 Å². The average molecular weight is 361 g/mol. The van der Waals surface area contributed by atoms with Gasteiger partial charge in [0.25, 0.3) is 11.5 Å². The molecular formula is C16H17ClN6O2. The van der Waals surface area contributed by atoms with Crippen LogP contribution in [0.5, 0.6) is 0 Å². The van der Waals surface area contributed by atoms with Gasteiger partial charge in [-0.3, -0.25) is 9.59 Å². The van der Waals surface area contributed by atoms with Gasteiger partial charge in [0.05, 0.1) is 6.54 Å². The Balaban J connectivity index is 2.00. The first-order valence-electron chi connectivity index (χ1n) is 7.87. The van der Waals surface area contributed by atoms with Crippen LogP contribution >= 0.6 is 11.6 Å². The van der Waals surface area contributed by atoms with Crippen LogP contribution < -0.4 is 10.9 Å². The number of amides is 1. The summed E-state index contributed by atoms with van der Waals surface area (Å²) in [5.74, 6) is -0.514. The number of nitrogens with one attached hydrogen (secondary N) is 2. The molecule has 0 fully saturated rings. The van der Waals surface area contributed by atoms with Gasteiger partial charge in [0, 0.05) is 11.1 Å². The lowest BCUT2D eigenvalue weighted by molar-refractivity contribution is 0.0928. The van der Waals surface area contributed by atoms with Gasteiger partial charge in [0.15, 0.2) is 11.2 Å². The smallest absolute Gasteiger partial charge is 0.287 e. The number of halogens is 1. The topological polar surface area (TPSA) is 106 Å². The van der Waals surface area contributed by atoms with Crippen LogP contribution in [-0.2, 0) is 6.54 Å². The lowest BCUT2D eigenvalue weighted by atomic mass is 10.2. The SMILES string of the molecule is CC[C@H](C)NC(=O)c1nc2c(nnn2Cc2ccccc2Cl)c(=O)[nH]1. The van der Waals surface area contributed by atoms with E-state index in [9.17, 15) is 9.59 Å². The van der Waals surface area contributed by atoms with E-state index in [0.29, 0.717) is 11.6 Å². The molecular weight excluding hydrogens is 344 g/mol. The summed E-state index contributed by atoms with van der Waals surface area (Å²) in [6.45, 7) is 4.11. The Morgan fingerprint density at radius 1 is 1.40 bits per heavy atom. The van der Waals surface area contributed by atoms with E-state index in [0.717, 1.165) is 12.0 Å². The molecule has 0 aliphatic heterocycles. The highest BCUT2D eigenvalue weighted by Gasteiger charge is 2.17. The van der Waals surface area contributed by atoms with E-state index in [4.69, 9.17) is 11.6 Å². The van der Waals surface area contributed by atoms with Crippen molar-refractivity contribution in [3.63, 3.8) is 0 Å².